The molecule has 5 nitrogen and oxygen atoms in total. The van der Waals surface area contributed by atoms with Crippen molar-refractivity contribution in [2.45, 2.75) is 19.3 Å². The number of nitrogen functional groups attached to an aromatic ring is 1. The summed E-state index contributed by atoms with van der Waals surface area (Å²) in [7, 11) is 2.16. The van der Waals surface area contributed by atoms with Crippen molar-refractivity contribution in [3.8, 4) is 0 Å². The molecule has 0 radical (unpaired) electrons. The van der Waals surface area contributed by atoms with E-state index in [1.807, 2.05) is 0 Å². The van der Waals surface area contributed by atoms with Gasteiger partial charge in [0.1, 0.15) is 0 Å². The normalized spacial score (nSPS) is 16.9. The first-order valence-electron chi connectivity index (χ1n) is 7.22. The lowest BCUT2D eigenvalue weighted by molar-refractivity contribution is 0.0949. The van der Waals surface area contributed by atoms with E-state index in [2.05, 4.69) is 22.7 Å². The quantitative estimate of drug-likeness (QED) is 0.562. The van der Waals surface area contributed by atoms with Crippen molar-refractivity contribution in [1.29, 1.82) is 0 Å². The molecule has 1 aliphatic rings. The van der Waals surface area contributed by atoms with E-state index in [9.17, 15) is 4.79 Å². The van der Waals surface area contributed by atoms with E-state index < -0.39 is 0 Å². The third-order valence-electron chi connectivity index (χ3n) is 3.99. The van der Waals surface area contributed by atoms with Gasteiger partial charge in [-0.05, 0) is 69.6 Å². The molecule has 0 bridgehead atoms. The molecule has 0 aromatic heterocycles. The number of hydrogen-bond acceptors (Lipinski definition) is 4. The number of likely N-dealkylation sites (tertiary alicyclic amines) is 1. The Balaban J connectivity index is 1.71. The zero-order valence-corrected chi connectivity index (χ0v) is 12.1. The van der Waals surface area contributed by atoms with Crippen LogP contribution in [0.15, 0.2) is 24.3 Å². The third kappa shape index (κ3) is 4.21. The first-order chi connectivity index (χ1) is 9.69. The second-order valence-corrected chi connectivity index (χ2v) is 5.51. The van der Waals surface area contributed by atoms with Gasteiger partial charge in [-0.3, -0.25) is 10.6 Å². The van der Waals surface area contributed by atoms with Gasteiger partial charge < -0.3 is 15.6 Å². The van der Waals surface area contributed by atoms with E-state index >= 15 is 0 Å². The average Bonchev–Trinajstić information content (AvgIpc) is 2.49. The number of hydrazine groups is 1. The van der Waals surface area contributed by atoms with Crippen molar-refractivity contribution in [2.75, 3.05) is 32.1 Å². The SMILES string of the molecule is CN1CCC(CCNC(=O)c2ccc(NN)cc2)CC1. The number of hydrogen-bond donors (Lipinski definition) is 3. The van der Waals surface area contributed by atoms with Gasteiger partial charge in [-0.1, -0.05) is 0 Å². The van der Waals surface area contributed by atoms with Gasteiger partial charge in [0, 0.05) is 17.8 Å². The minimum absolute atomic E-state index is 0.0125. The Bertz CT molecular complexity index is 424. The number of carbonyl (C=O) groups is 1. The van der Waals surface area contributed by atoms with Crippen LogP contribution in [0, 0.1) is 5.92 Å². The number of carbonyl (C=O) groups excluding carboxylic acids is 1. The lowest BCUT2D eigenvalue weighted by atomic mass is 9.94. The molecule has 110 valence electrons. The van der Waals surface area contributed by atoms with Crippen LogP contribution in [0.2, 0.25) is 0 Å². The zero-order chi connectivity index (χ0) is 14.4. The molecule has 5 heteroatoms. The average molecular weight is 276 g/mol. The van der Waals surface area contributed by atoms with Crippen LogP contribution in [0.4, 0.5) is 5.69 Å². The van der Waals surface area contributed by atoms with E-state index in [1.54, 1.807) is 24.3 Å². The molecule has 0 spiro atoms. The lowest BCUT2D eigenvalue weighted by Gasteiger charge is -2.28. The predicted molar refractivity (Wildman–Crippen MR) is 81.4 cm³/mol. The summed E-state index contributed by atoms with van der Waals surface area (Å²) >= 11 is 0. The maximum atomic E-state index is 12.0. The molecular weight excluding hydrogens is 252 g/mol. The van der Waals surface area contributed by atoms with Crippen molar-refractivity contribution in [3.63, 3.8) is 0 Å². The second-order valence-electron chi connectivity index (χ2n) is 5.51. The fourth-order valence-electron chi connectivity index (χ4n) is 2.56. The minimum atomic E-state index is -0.0125. The maximum Gasteiger partial charge on any atom is 0.251 e. The van der Waals surface area contributed by atoms with Crippen LogP contribution in [0.3, 0.4) is 0 Å². The highest BCUT2D eigenvalue weighted by atomic mass is 16.1. The number of benzene rings is 1. The highest BCUT2D eigenvalue weighted by Gasteiger charge is 2.16. The summed E-state index contributed by atoms with van der Waals surface area (Å²) in [6.07, 6.45) is 3.55. The maximum absolute atomic E-state index is 12.0. The first-order valence-corrected chi connectivity index (χ1v) is 7.22. The number of amides is 1. The van der Waals surface area contributed by atoms with Crippen LogP contribution < -0.4 is 16.6 Å². The molecule has 1 fully saturated rings. The standard InChI is InChI=1S/C15H24N4O/c1-19-10-7-12(8-11-19)6-9-17-15(20)13-2-4-14(18-16)5-3-13/h2-5,12,18H,6-11,16H2,1H3,(H,17,20). The van der Waals surface area contributed by atoms with Crippen LogP contribution in [0.1, 0.15) is 29.6 Å². The summed E-state index contributed by atoms with van der Waals surface area (Å²) < 4.78 is 0. The summed E-state index contributed by atoms with van der Waals surface area (Å²) in [5, 5.41) is 2.99. The first kappa shape index (κ1) is 14.8. The predicted octanol–water partition coefficient (Wildman–Crippen LogP) is 1.43. The molecular formula is C15H24N4O. The van der Waals surface area contributed by atoms with Crippen molar-refractivity contribution in [2.24, 2.45) is 11.8 Å². The smallest absolute Gasteiger partial charge is 0.251 e. The van der Waals surface area contributed by atoms with Crippen molar-refractivity contribution >= 4 is 11.6 Å². The summed E-state index contributed by atoms with van der Waals surface area (Å²) in [5.74, 6) is 6.03. The van der Waals surface area contributed by atoms with Gasteiger partial charge in [0.25, 0.3) is 5.91 Å². The van der Waals surface area contributed by atoms with Gasteiger partial charge in [-0.15, -0.1) is 0 Å². The number of nitrogens with zero attached hydrogens (tertiary/aromatic N) is 1. The molecule has 2 rings (SSSR count). The zero-order valence-electron chi connectivity index (χ0n) is 12.1. The molecule has 1 saturated heterocycles. The van der Waals surface area contributed by atoms with Crippen molar-refractivity contribution in [1.82, 2.24) is 10.2 Å². The van der Waals surface area contributed by atoms with Gasteiger partial charge in [0.15, 0.2) is 0 Å². The van der Waals surface area contributed by atoms with Gasteiger partial charge in [-0.2, -0.15) is 0 Å². The van der Waals surface area contributed by atoms with E-state index in [1.165, 1.54) is 25.9 Å². The number of piperidine rings is 1. The Labute approximate surface area is 120 Å². The molecule has 1 aromatic rings. The number of nitrogens with one attached hydrogen (secondary N) is 2. The Kier molecular flexibility index (Phi) is 5.38. The van der Waals surface area contributed by atoms with Crippen LogP contribution in [0.25, 0.3) is 0 Å². The molecule has 1 aromatic carbocycles. The lowest BCUT2D eigenvalue weighted by Crippen LogP contribution is -2.32. The number of anilines is 1. The molecule has 20 heavy (non-hydrogen) atoms. The Morgan fingerprint density at radius 2 is 1.95 bits per heavy atom. The highest BCUT2D eigenvalue weighted by molar-refractivity contribution is 5.94. The summed E-state index contributed by atoms with van der Waals surface area (Å²) in [6.45, 7) is 3.10. The monoisotopic (exact) mass is 276 g/mol. The van der Waals surface area contributed by atoms with E-state index in [0.717, 1.165) is 24.6 Å². The largest absolute Gasteiger partial charge is 0.352 e. The Hall–Kier alpha value is -1.59. The van der Waals surface area contributed by atoms with Gasteiger partial charge in [0.2, 0.25) is 0 Å². The molecule has 0 atom stereocenters. The summed E-state index contributed by atoms with van der Waals surface area (Å²) in [4.78, 5) is 14.3. The molecule has 1 aliphatic heterocycles. The topological polar surface area (TPSA) is 70.4 Å². The number of nitrogens with two attached hydrogens (primary N) is 1. The molecule has 1 heterocycles. The number of rotatable bonds is 5. The van der Waals surface area contributed by atoms with E-state index in [4.69, 9.17) is 5.84 Å². The van der Waals surface area contributed by atoms with Crippen LogP contribution in [-0.4, -0.2) is 37.5 Å². The molecule has 1 amide bonds. The fourth-order valence-corrected chi connectivity index (χ4v) is 2.56. The van der Waals surface area contributed by atoms with Crippen LogP contribution in [-0.2, 0) is 0 Å². The molecule has 0 aliphatic carbocycles. The second kappa shape index (κ2) is 7.26. The summed E-state index contributed by atoms with van der Waals surface area (Å²) in [6, 6.07) is 7.15. The fraction of sp³-hybridized carbons (Fsp3) is 0.533. The molecule has 0 unspecified atom stereocenters. The Morgan fingerprint density at radius 3 is 2.55 bits per heavy atom. The highest BCUT2D eigenvalue weighted by Crippen LogP contribution is 2.18. The van der Waals surface area contributed by atoms with Gasteiger partial charge in [-0.25, -0.2) is 0 Å². The van der Waals surface area contributed by atoms with E-state index in [0.29, 0.717) is 5.56 Å². The van der Waals surface area contributed by atoms with Crippen LogP contribution >= 0.6 is 0 Å². The summed E-state index contributed by atoms with van der Waals surface area (Å²) in [5.41, 5.74) is 4.02. The van der Waals surface area contributed by atoms with Gasteiger partial charge >= 0.3 is 0 Å². The van der Waals surface area contributed by atoms with E-state index in [-0.39, 0.29) is 5.91 Å². The van der Waals surface area contributed by atoms with Crippen molar-refractivity contribution in [3.05, 3.63) is 29.8 Å². The minimum Gasteiger partial charge on any atom is -0.352 e. The molecule has 0 saturated carbocycles. The Morgan fingerprint density at radius 1 is 1.30 bits per heavy atom. The third-order valence-corrected chi connectivity index (χ3v) is 3.99. The van der Waals surface area contributed by atoms with Gasteiger partial charge in [0.05, 0.1) is 0 Å². The van der Waals surface area contributed by atoms with Crippen molar-refractivity contribution < 1.29 is 4.79 Å². The van der Waals surface area contributed by atoms with Crippen LogP contribution in [0.5, 0.6) is 0 Å². The molecule has 4 N–H and O–H groups in total.